The summed E-state index contributed by atoms with van der Waals surface area (Å²) in [5, 5.41) is 2.80. The SMILES string of the molecule is COCC(C)NC(=O)/C=C/c1cc(Br)ccc1OC. The molecule has 0 fully saturated rings. The number of benzene rings is 1. The van der Waals surface area contributed by atoms with Crippen LogP contribution in [0.2, 0.25) is 0 Å². The average Bonchev–Trinajstić information content (AvgIpc) is 2.36. The zero-order chi connectivity index (χ0) is 14.3. The van der Waals surface area contributed by atoms with Gasteiger partial charge in [-0.05, 0) is 31.2 Å². The van der Waals surface area contributed by atoms with Gasteiger partial charge in [-0.1, -0.05) is 15.9 Å². The van der Waals surface area contributed by atoms with Crippen LogP contribution < -0.4 is 10.1 Å². The van der Waals surface area contributed by atoms with Crippen molar-refractivity contribution >= 4 is 27.9 Å². The largest absolute Gasteiger partial charge is 0.496 e. The number of amides is 1. The summed E-state index contributed by atoms with van der Waals surface area (Å²) in [5.74, 6) is 0.559. The van der Waals surface area contributed by atoms with Crippen molar-refractivity contribution in [3.8, 4) is 5.75 Å². The fourth-order valence-corrected chi connectivity index (χ4v) is 1.96. The van der Waals surface area contributed by atoms with Gasteiger partial charge in [0.1, 0.15) is 5.75 Å². The topological polar surface area (TPSA) is 47.6 Å². The number of hydrogen-bond acceptors (Lipinski definition) is 3. The van der Waals surface area contributed by atoms with Crippen LogP contribution in [-0.2, 0) is 9.53 Å². The van der Waals surface area contributed by atoms with Crippen LogP contribution >= 0.6 is 15.9 Å². The van der Waals surface area contributed by atoms with Gasteiger partial charge >= 0.3 is 0 Å². The van der Waals surface area contributed by atoms with Crippen LogP contribution in [0.4, 0.5) is 0 Å². The first kappa shape index (κ1) is 15.7. The maximum Gasteiger partial charge on any atom is 0.244 e. The van der Waals surface area contributed by atoms with Crippen molar-refractivity contribution in [3.05, 3.63) is 34.3 Å². The second-order valence-corrected chi connectivity index (χ2v) is 5.00. The third kappa shape index (κ3) is 5.44. The highest BCUT2D eigenvalue weighted by Gasteiger charge is 2.05. The average molecular weight is 328 g/mol. The van der Waals surface area contributed by atoms with Gasteiger partial charge in [-0.25, -0.2) is 0 Å². The Morgan fingerprint density at radius 2 is 2.21 bits per heavy atom. The molecule has 0 spiro atoms. The first-order valence-corrected chi connectivity index (χ1v) is 6.67. The van der Waals surface area contributed by atoms with E-state index < -0.39 is 0 Å². The summed E-state index contributed by atoms with van der Waals surface area (Å²) in [6.07, 6.45) is 3.20. The van der Waals surface area contributed by atoms with Gasteiger partial charge in [0.15, 0.2) is 0 Å². The lowest BCUT2D eigenvalue weighted by Gasteiger charge is -2.10. The lowest BCUT2D eigenvalue weighted by molar-refractivity contribution is -0.117. The Kier molecular flexibility index (Phi) is 6.59. The van der Waals surface area contributed by atoms with E-state index in [9.17, 15) is 4.79 Å². The van der Waals surface area contributed by atoms with E-state index in [1.165, 1.54) is 6.08 Å². The molecule has 1 atom stereocenters. The number of halogens is 1. The second-order valence-electron chi connectivity index (χ2n) is 4.08. The molecule has 5 heteroatoms. The second kappa shape index (κ2) is 7.96. The summed E-state index contributed by atoms with van der Waals surface area (Å²) in [5.41, 5.74) is 0.839. The Hall–Kier alpha value is -1.33. The third-order valence-corrected chi connectivity index (χ3v) is 2.90. The molecule has 0 saturated carbocycles. The van der Waals surface area contributed by atoms with Gasteiger partial charge in [-0.15, -0.1) is 0 Å². The van der Waals surface area contributed by atoms with Crippen molar-refractivity contribution in [1.29, 1.82) is 0 Å². The van der Waals surface area contributed by atoms with Gasteiger partial charge in [-0.2, -0.15) is 0 Å². The lowest BCUT2D eigenvalue weighted by Crippen LogP contribution is -2.34. The summed E-state index contributed by atoms with van der Waals surface area (Å²) in [4.78, 5) is 11.7. The molecule has 0 aliphatic rings. The minimum atomic E-state index is -0.161. The van der Waals surface area contributed by atoms with E-state index in [2.05, 4.69) is 21.2 Å². The maximum atomic E-state index is 11.7. The monoisotopic (exact) mass is 327 g/mol. The lowest BCUT2D eigenvalue weighted by atomic mass is 10.2. The van der Waals surface area contributed by atoms with Gasteiger partial charge in [0.25, 0.3) is 0 Å². The van der Waals surface area contributed by atoms with Crippen LogP contribution in [0.3, 0.4) is 0 Å². The first-order chi connectivity index (χ1) is 9.06. The van der Waals surface area contributed by atoms with E-state index in [4.69, 9.17) is 9.47 Å². The minimum absolute atomic E-state index is 0.0217. The van der Waals surface area contributed by atoms with Crippen molar-refractivity contribution < 1.29 is 14.3 Å². The Morgan fingerprint density at radius 3 is 2.84 bits per heavy atom. The van der Waals surface area contributed by atoms with Crippen molar-refractivity contribution in [2.45, 2.75) is 13.0 Å². The molecule has 0 heterocycles. The van der Waals surface area contributed by atoms with Crippen LogP contribution in [-0.4, -0.2) is 32.8 Å². The van der Waals surface area contributed by atoms with E-state index in [1.54, 1.807) is 20.3 Å². The zero-order valence-electron chi connectivity index (χ0n) is 11.3. The summed E-state index contributed by atoms with van der Waals surface area (Å²) >= 11 is 3.39. The molecule has 0 aliphatic heterocycles. The molecule has 1 aromatic carbocycles. The normalized spacial score (nSPS) is 12.4. The molecule has 4 nitrogen and oxygen atoms in total. The van der Waals surface area contributed by atoms with Crippen LogP contribution in [0.25, 0.3) is 6.08 Å². The fourth-order valence-electron chi connectivity index (χ4n) is 1.58. The van der Waals surface area contributed by atoms with Gasteiger partial charge in [0.2, 0.25) is 5.91 Å². The zero-order valence-corrected chi connectivity index (χ0v) is 12.9. The van der Waals surface area contributed by atoms with Crippen molar-refractivity contribution in [3.63, 3.8) is 0 Å². The number of nitrogens with one attached hydrogen (secondary N) is 1. The molecule has 0 aliphatic carbocycles. The van der Waals surface area contributed by atoms with Crippen LogP contribution in [0.5, 0.6) is 5.75 Å². The van der Waals surface area contributed by atoms with Gasteiger partial charge in [-0.3, -0.25) is 4.79 Å². The van der Waals surface area contributed by atoms with Crippen LogP contribution in [0.15, 0.2) is 28.7 Å². The molecule has 0 bridgehead atoms. The van der Waals surface area contributed by atoms with E-state index in [1.807, 2.05) is 25.1 Å². The van der Waals surface area contributed by atoms with Gasteiger partial charge < -0.3 is 14.8 Å². The summed E-state index contributed by atoms with van der Waals surface area (Å²) < 4.78 is 11.1. The van der Waals surface area contributed by atoms with Gasteiger partial charge in [0.05, 0.1) is 13.7 Å². The van der Waals surface area contributed by atoms with Crippen molar-refractivity contribution in [2.24, 2.45) is 0 Å². The highest BCUT2D eigenvalue weighted by molar-refractivity contribution is 9.10. The molecule has 1 N–H and O–H groups in total. The summed E-state index contributed by atoms with van der Waals surface area (Å²) in [6.45, 7) is 2.37. The van der Waals surface area contributed by atoms with Crippen molar-refractivity contribution in [1.82, 2.24) is 5.32 Å². The fraction of sp³-hybridized carbons (Fsp3) is 0.357. The Bertz CT molecular complexity index is 460. The predicted molar refractivity (Wildman–Crippen MR) is 79.2 cm³/mol. The maximum absolute atomic E-state index is 11.7. The summed E-state index contributed by atoms with van der Waals surface area (Å²) in [6, 6.07) is 5.60. The molecular formula is C14H18BrNO3. The number of carbonyl (C=O) groups excluding carboxylic acids is 1. The molecule has 0 radical (unpaired) electrons. The number of hydrogen-bond donors (Lipinski definition) is 1. The molecule has 104 valence electrons. The van der Waals surface area contributed by atoms with Crippen molar-refractivity contribution in [2.75, 3.05) is 20.8 Å². The number of rotatable bonds is 6. The standard InChI is InChI=1S/C14H18BrNO3/c1-10(9-18-2)16-14(17)7-4-11-8-12(15)5-6-13(11)19-3/h4-8,10H,9H2,1-3H3,(H,16,17)/b7-4+. The van der Waals surface area contributed by atoms with Crippen LogP contribution in [0.1, 0.15) is 12.5 Å². The highest BCUT2D eigenvalue weighted by atomic mass is 79.9. The predicted octanol–water partition coefficient (Wildman–Crippen LogP) is 2.62. The molecule has 0 saturated heterocycles. The van der Waals surface area contributed by atoms with E-state index in [0.717, 1.165) is 15.8 Å². The number of carbonyl (C=O) groups is 1. The Labute approximate surface area is 121 Å². The quantitative estimate of drug-likeness (QED) is 0.817. The van der Waals surface area contributed by atoms with Gasteiger partial charge in [0, 0.05) is 29.3 Å². The highest BCUT2D eigenvalue weighted by Crippen LogP contribution is 2.23. The van der Waals surface area contributed by atoms with E-state index in [0.29, 0.717) is 6.61 Å². The Morgan fingerprint density at radius 1 is 1.47 bits per heavy atom. The molecular weight excluding hydrogens is 310 g/mol. The van der Waals surface area contributed by atoms with Crippen LogP contribution in [0, 0.1) is 0 Å². The smallest absolute Gasteiger partial charge is 0.244 e. The molecule has 0 aromatic heterocycles. The minimum Gasteiger partial charge on any atom is -0.496 e. The number of methoxy groups -OCH3 is 2. The molecule has 1 aromatic rings. The Balaban J connectivity index is 2.70. The first-order valence-electron chi connectivity index (χ1n) is 5.88. The molecule has 1 rings (SSSR count). The molecule has 1 unspecified atom stereocenters. The molecule has 19 heavy (non-hydrogen) atoms. The number of ether oxygens (including phenoxy) is 2. The summed E-state index contributed by atoms with van der Waals surface area (Å²) in [7, 11) is 3.20. The third-order valence-electron chi connectivity index (χ3n) is 2.41. The molecule has 1 amide bonds. The van der Waals surface area contributed by atoms with E-state index in [-0.39, 0.29) is 11.9 Å². The van der Waals surface area contributed by atoms with E-state index >= 15 is 0 Å².